The van der Waals surface area contributed by atoms with E-state index in [1.807, 2.05) is 67.6 Å². The first-order valence-electron chi connectivity index (χ1n) is 11.8. The largest absolute Gasteiger partial charge is 0.497 e. The molecule has 0 saturated carbocycles. The van der Waals surface area contributed by atoms with Crippen molar-refractivity contribution in [3.8, 4) is 5.75 Å². The minimum atomic E-state index is -0.589. The molecule has 5 heteroatoms. The van der Waals surface area contributed by atoms with Crippen molar-refractivity contribution in [2.75, 3.05) is 13.7 Å². The van der Waals surface area contributed by atoms with Crippen LogP contribution < -0.4 is 10.1 Å². The Balaban J connectivity index is 1.89. The fourth-order valence-electron chi connectivity index (χ4n) is 4.00. The van der Waals surface area contributed by atoms with Gasteiger partial charge >= 0.3 is 0 Å². The minimum absolute atomic E-state index is 0.0623. The molecule has 1 N–H and O–H groups in total. The van der Waals surface area contributed by atoms with Gasteiger partial charge in [0.1, 0.15) is 11.8 Å². The number of carbonyl (C=O) groups excluding carboxylic acids is 2. The number of hydrogen-bond acceptors (Lipinski definition) is 3. The van der Waals surface area contributed by atoms with Crippen LogP contribution in [0.25, 0.3) is 0 Å². The molecule has 2 amide bonds. The van der Waals surface area contributed by atoms with E-state index in [4.69, 9.17) is 4.74 Å². The average molecular weight is 459 g/mol. The Labute approximate surface area is 202 Å². The number of carbonyl (C=O) groups is 2. The summed E-state index contributed by atoms with van der Waals surface area (Å²) >= 11 is 0. The number of benzene rings is 3. The lowest BCUT2D eigenvalue weighted by atomic mass is 9.88. The number of amides is 2. The maximum absolute atomic E-state index is 13.8. The van der Waals surface area contributed by atoms with Gasteiger partial charge in [0.05, 0.1) is 7.11 Å². The summed E-state index contributed by atoms with van der Waals surface area (Å²) in [5.41, 5.74) is 3.10. The lowest BCUT2D eigenvalue weighted by Crippen LogP contribution is -2.48. The monoisotopic (exact) mass is 458 g/mol. The van der Waals surface area contributed by atoms with Crippen LogP contribution in [0.1, 0.15) is 49.3 Å². The van der Waals surface area contributed by atoms with Crippen molar-refractivity contribution < 1.29 is 14.3 Å². The Morgan fingerprint density at radius 1 is 0.882 bits per heavy atom. The van der Waals surface area contributed by atoms with Gasteiger partial charge in [-0.3, -0.25) is 9.59 Å². The van der Waals surface area contributed by atoms with Crippen molar-refractivity contribution in [2.24, 2.45) is 0 Å². The van der Waals surface area contributed by atoms with Gasteiger partial charge in [0.15, 0.2) is 0 Å². The third-order valence-electron chi connectivity index (χ3n) is 6.01. The predicted octanol–water partition coefficient (Wildman–Crippen LogP) is 5.16. The Morgan fingerprint density at radius 2 is 1.44 bits per heavy atom. The fraction of sp³-hybridized carbons (Fsp3) is 0.310. The van der Waals surface area contributed by atoms with E-state index in [-0.39, 0.29) is 24.2 Å². The number of nitrogens with one attached hydrogen (secondary N) is 1. The summed E-state index contributed by atoms with van der Waals surface area (Å²) in [5.74, 6) is 0.454. The standard InChI is InChI=1S/C29H34N2O3/c1-4-19-30-29(33)22(2)31(21-23-15-17-26(34-3)18-16-23)28(32)20-27(24-11-7-5-8-12-24)25-13-9-6-10-14-25/h5-18,22,27H,4,19-21H2,1-3H3,(H,30,33)/t22-/m1/s1. The van der Waals surface area contributed by atoms with Crippen LogP contribution in [0.15, 0.2) is 84.9 Å². The number of hydrogen-bond donors (Lipinski definition) is 1. The van der Waals surface area contributed by atoms with Gasteiger partial charge in [-0.15, -0.1) is 0 Å². The Morgan fingerprint density at radius 3 is 1.94 bits per heavy atom. The number of rotatable bonds is 11. The highest BCUT2D eigenvalue weighted by Crippen LogP contribution is 2.29. The lowest BCUT2D eigenvalue weighted by molar-refractivity contribution is -0.140. The van der Waals surface area contributed by atoms with Gasteiger partial charge in [-0.1, -0.05) is 79.7 Å². The molecule has 0 saturated heterocycles. The Bertz CT molecular complexity index is 996. The molecule has 0 radical (unpaired) electrons. The zero-order chi connectivity index (χ0) is 24.3. The van der Waals surface area contributed by atoms with Gasteiger partial charge < -0.3 is 15.0 Å². The van der Waals surface area contributed by atoms with Gasteiger partial charge in [0.2, 0.25) is 11.8 Å². The lowest BCUT2D eigenvalue weighted by Gasteiger charge is -2.30. The molecule has 0 aliphatic heterocycles. The van der Waals surface area contributed by atoms with Crippen LogP contribution in [0.5, 0.6) is 5.75 Å². The SMILES string of the molecule is CCCNC(=O)[C@@H](C)N(Cc1ccc(OC)cc1)C(=O)CC(c1ccccc1)c1ccccc1. The van der Waals surface area contributed by atoms with Crippen LogP contribution in [0.3, 0.4) is 0 Å². The highest BCUT2D eigenvalue weighted by Gasteiger charge is 2.28. The van der Waals surface area contributed by atoms with E-state index in [1.54, 1.807) is 18.9 Å². The van der Waals surface area contributed by atoms with Crippen LogP contribution in [-0.2, 0) is 16.1 Å². The van der Waals surface area contributed by atoms with E-state index in [0.717, 1.165) is 28.9 Å². The fourth-order valence-corrected chi connectivity index (χ4v) is 4.00. The average Bonchev–Trinajstić information content (AvgIpc) is 2.89. The van der Waals surface area contributed by atoms with Crippen molar-refractivity contribution >= 4 is 11.8 Å². The van der Waals surface area contributed by atoms with Gasteiger partial charge in [0, 0.05) is 25.4 Å². The molecule has 3 rings (SSSR count). The van der Waals surface area contributed by atoms with Gasteiger partial charge in [-0.2, -0.15) is 0 Å². The normalized spacial score (nSPS) is 11.6. The van der Waals surface area contributed by atoms with Crippen LogP contribution in [0.2, 0.25) is 0 Å². The second-order valence-corrected chi connectivity index (χ2v) is 8.41. The summed E-state index contributed by atoms with van der Waals surface area (Å²) in [6, 6.07) is 27.1. The van der Waals surface area contributed by atoms with Crippen LogP contribution in [0.4, 0.5) is 0 Å². The minimum Gasteiger partial charge on any atom is -0.497 e. The van der Waals surface area contributed by atoms with E-state index in [2.05, 4.69) is 29.6 Å². The molecular weight excluding hydrogens is 424 g/mol. The predicted molar refractivity (Wildman–Crippen MR) is 136 cm³/mol. The van der Waals surface area contributed by atoms with E-state index in [9.17, 15) is 9.59 Å². The third kappa shape index (κ3) is 6.70. The van der Waals surface area contributed by atoms with Gasteiger partial charge in [-0.25, -0.2) is 0 Å². The summed E-state index contributed by atoms with van der Waals surface area (Å²) in [5, 5.41) is 2.94. The summed E-state index contributed by atoms with van der Waals surface area (Å²) in [7, 11) is 1.62. The molecule has 0 unspecified atom stereocenters. The van der Waals surface area contributed by atoms with Crippen molar-refractivity contribution in [3.05, 3.63) is 102 Å². The third-order valence-corrected chi connectivity index (χ3v) is 6.01. The quantitative estimate of drug-likeness (QED) is 0.432. The first kappa shape index (κ1) is 25.0. The molecule has 3 aromatic rings. The molecular formula is C29H34N2O3. The Hall–Kier alpha value is -3.60. The van der Waals surface area contributed by atoms with Crippen molar-refractivity contribution in [3.63, 3.8) is 0 Å². The summed E-state index contributed by atoms with van der Waals surface area (Å²) < 4.78 is 5.26. The van der Waals surface area contributed by atoms with E-state index < -0.39 is 6.04 Å². The maximum atomic E-state index is 13.8. The van der Waals surface area contributed by atoms with E-state index in [1.165, 1.54) is 0 Å². The molecule has 0 heterocycles. The van der Waals surface area contributed by atoms with Crippen molar-refractivity contribution in [2.45, 2.75) is 45.2 Å². The smallest absolute Gasteiger partial charge is 0.242 e. The molecule has 3 aromatic carbocycles. The zero-order valence-corrected chi connectivity index (χ0v) is 20.2. The van der Waals surface area contributed by atoms with Crippen molar-refractivity contribution in [1.29, 1.82) is 0 Å². The maximum Gasteiger partial charge on any atom is 0.242 e. The molecule has 0 spiro atoms. The molecule has 0 aliphatic carbocycles. The molecule has 5 nitrogen and oxygen atoms in total. The summed E-state index contributed by atoms with van der Waals surface area (Å²) in [6.07, 6.45) is 1.12. The zero-order valence-electron chi connectivity index (χ0n) is 20.2. The number of nitrogens with zero attached hydrogens (tertiary/aromatic N) is 1. The van der Waals surface area contributed by atoms with Crippen molar-refractivity contribution in [1.82, 2.24) is 10.2 Å². The topological polar surface area (TPSA) is 58.6 Å². The molecule has 0 aromatic heterocycles. The second kappa shape index (κ2) is 12.6. The summed E-state index contributed by atoms with van der Waals surface area (Å²) in [6.45, 7) is 4.74. The molecule has 0 bridgehead atoms. The van der Waals surface area contributed by atoms with E-state index in [0.29, 0.717) is 13.1 Å². The first-order valence-corrected chi connectivity index (χ1v) is 11.8. The Kier molecular flexibility index (Phi) is 9.27. The van der Waals surface area contributed by atoms with Crippen LogP contribution >= 0.6 is 0 Å². The van der Waals surface area contributed by atoms with Gasteiger partial charge in [-0.05, 0) is 42.2 Å². The van der Waals surface area contributed by atoms with Gasteiger partial charge in [0.25, 0.3) is 0 Å². The molecule has 34 heavy (non-hydrogen) atoms. The second-order valence-electron chi connectivity index (χ2n) is 8.41. The highest BCUT2D eigenvalue weighted by atomic mass is 16.5. The molecule has 1 atom stereocenters. The molecule has 0 fully saturated rings. The van der Waals surface area contributed by atoms with Crippen LogP contribution in [0, 0.1) is 0 Å². The number of ether oxygens (including phenoxy) is 1. The number of methoxy groups -OCH3 is 1. The summed E-state index contributed by atoms with van der Waals surface area (Å²) in [4.78, 5) is 28.3. The molecule has 178 valence electrons. The van der Waals surface area contributed by atoms with Crippen LogP contribution in [-0.4, -0.2) is 36.4 Å². The van der Waals surface area contributed by atoms with E-state index >= 15 is 0 Å². The highest BCUT2D eigenvalue weighted by molar-refractivity contribution is 5.87. The first-order chi connectivity index (χ1) is 16.5. The molecule has 0 aliphatic rings.